The van der Waals surface area contributed by atoms with E-state index in [0.717, 1.165) is 0 Å². The third-order valence-electron chi connectivity index (χ3n) is 5.68. The van der Waals surface area contributed by atoms with Gasteiger partial charge in [0.15, 0.2) is 5.78 Å². The molecule has 178 valence electrons. The van der Waals surface area contributed by atoms with Gasteiger partial charge >= 0.3 is 0 Å². The van der Waals surface area contributed by atoms with Gasteiger partial charge in [0, 0.05) is 33.6 Å². The fraction of sp³-hybridized carbons (Fsp3) is 0.160. The minimum atomic E-state index is -1.34. The predicted molar refractivity (Wildman–Crippen MR) is 141 cm³/mol. The molecule has 3 aromatic rings. The van der Waals surface area contributed by atoms with Crippen LogP contribution in [-0.2, 0) is 11.2 Å². The zero-order valence-electron chi connectivity index (χ0n) is 17.6. The molecule has 0 aromatic heterocycles. The van der Waals surface area contributed by atoms with Crippen LogP contribution < -0.4 is 5.32 Å². The summed E-state index contributed by atoms with van der Waals surface area (Å²) in [6.07, 6.45) is -0.0900. The second-order valence-electron chi connectivity index (χ2n) is 8.00. The quantitative estimate of drug-likeness (QED) is 0.234. The molecule has 4 nitrogen and oxygen atoms in total. The van der Waals surface area contributed by atoms with Crippen LogP contribution in [0.2, 0.25) is 20.1 Å². The number of rotatable bonds is 6. The Morgan fingerprint density at radius 3 is 2.29 bits per heavy atom. The highest BCUT2D eigenvalue weighted by Crippen LogP contribution is 2.65. The number of carbonyl (C=O) groups excluding carboxylic acids is 2. The second kappa shape index (κ2) is 10.2. The summed E-state index contributed by atoms with van der Waals surface area (Å²) in [5.74, 6) is -2.05. The van der Waals surface area contributed by atoms with Crippen molar-refractivity contribution in [2.45, 2.75) is 16.7 Å². The first-order chi connectivity index (χ1) is 16.5. The number of carbonyl (C=O) groups is 2. The average molecular weight is 587 g/mol. The molecule has 1 aliphatic carbocycles. The number of hydrogen-bond acceptors (Lipinski definition) is 3. The molecule has 10 heteroatoms. The van der Waals surface area contributed by atoms with Crippen molar-refractivity contribution in [2.75, 3.05) is 5.32 Å². The summed E-state index contributed by atoms with van der Waals surface area (Å²) < 4.78 is -1.34. The van der Waals surface area contributed by atoms with Crippen LogP contribution in [-0.4, -0.2) is 16.0 Å². The Bertz CT molecular complexity index is 1380. The number of alkyl halides is 2. The first-order valence-corrected chi connectivity index (χ1v) is 12.4. The van der Waals surface area contributed by atoms with Crippen molar-refractivity contribution < 1.29 is 9.59 Å². The van der Waals surface area contributed by atoms with E-state index in [4.69, 9.17) is 69.6 Å². The monoisotopic (exact) mass is 584 g/mol. The SMILES string of the molecule is N#Cc1c(Cl)cccc1CC(=O)c1cc(NC(=O)C2C(c3cc(Cl)cc(Cl)c3)C2(Cl)Cl)ccc1Cl. The molecule has 0 heterocycles. The van der Waals surface area contributed by atoms with E-state index in [9.17, 15) is 14.9 Å². The number of nitriles is 1. The molecule has 4 rings (SSSR count). The molecule has 1 aliphatic rings. The van der Waals surface area contributed by atoms with Crippen LogP contribution in [0.5, 0.6) is 0 Å². The Kier molecular flexibility index (Phi) is 7.60. The average Bonchev–Trinajstić information content (AvgIpc) is 3.36. The first kappa shape index (κ1) is 26.1. The fourth-order valence-corrected chi connectivity index (χ4v) is 5.80. The number of nitrogens with one attached hydrogen (secondary N) is 1. The smallest absolute Gasteiger partial charge is 0.231 e. The summed E-state index contributed by atoms with van der Waals surface area (Å²) in [5.41, 5.74) is 1.88. The Labute approximate surface area is 231 Å². The summed E-state index contributed by atoms with van der Waals surface area (Å²) in [6, 6.07) is 16.3. The van der Waals surface area contributed by atoms with Crippen molar-refractivity contribution in [3.05, 3.63) is 96.9 Å². The highest BCUT2D eigenvalue weighted by molar-refractivity contribution is 6.53. The number of Topliss-reactive ketones (excluding diaryl/α,β-unsaturated/α-hetero) is 1. The minimum absolute atomic E-state index is 0.0900. The summed E-state index contributed by atoms with van der Waals surface area (Å²) in [6.45, 7) is 0. The Morgan fingerprint density at radius 2 is 1.63 bits per heavy atom. The van der Waals surface area contributed by atoms with E-state index in [1.807, 2.05) is 6.07 Å². The van der Waals surface area contributed by atoms with Gasteiger partial charge in [-0.3, -0.25) is 9.59 Å². The van der Waals surface area contributed by atoms with Gasteiger partial charge in [-0.15, -0.1) is 23.2 Å². The number of amides is 1. The maximum absolute atomic E-state index is 13.0. The van der Waals surface area contributed by atoms with Crippen molar-refractivity contribution in [2.24, 2.45) is 5.92 Å². The molecule has 3 aromatic carbocycles. The van der Waals surface area contributed by atoms with Crippen molar-refractivity contribution >= 4 is 87.0 Å². The van der Waals surface area contributed by atoms with Crippen LogP contribution >= 0.6 is 69.6 Å². The van der Waals surface area contributed by atoms with Gasteiger partial charge in [0.05, 0.1) is 21.5 Å². The third kappa shape index (κ3) is 5.42. The van der Waals surface area contributed by atoms with Gasteiger partial charge in [-0.2, -0.15) is 5.26 Å². The second-order valence-corrected chi connectivity index (χ2v) is 11.1. The maximum Gasteiger partial charge on any atom is 0.231 e. The van der Waals surface area contributed by atoms with Crippen LogP contribution in [0.3, 0.4) is 0 Å². The van der Waals surface area contributed by atoms with Crippen molar-refractivity contribution in [1.29, 1.82) is 5.26 Å². The number of benzene rings is 3. The summed E-state index contributed by atoms with van der Waals surface area (Å²) in [4.78, 5) is 26.0. The van der Waals surface area contributed by atoms with Crippen LogP contribution in [0.15, 0.2) is 54.6 Å². The van der Waals surface area contributed by atoms with Crippen molar-refractivity contribution in [3.63, 3.8) is 0 Å². The summed E-state index contributed by atoms with van der Waals surface area (Å²) in [7, 11) is 0. The Balaban J connectivity index is 1.53. The number of anilines is 1. The summed E-state index contributed by atoms with van der Waals surface area (Å²) >= 11 is 37.3. The van der Waals surface area contributed by atoms with E-state index >= 15 is 0 Å². The number of nitrogens with zero attached hydrogens (tertiary/aromatic N) is 1. The van der Waals surface area contributed by atoms with Gasteiger partial charge < -0.3 is 5.32 Å². The molecule has 1 N–H and O–H groups in total. The highest BCUT2D eigenvalue weighted by atomic mass is 35.5. The lowest BCUT2D eigenvalue weighted by atomic mass is 9.99. The van der Waals surface area contributed by atoms with Gasteiger partial charge in [-0.25, -0.2) is 0 Å². The first-order valence-electron chi connectivity index (χ1n) is 10.2. The molecule has 0 radical (unpaired) electrons. The Hall–Kier alpha value is -1.97. The van der Waals surface area contributed by atoms with Gasteiger partial charge in [0.2, 0.25) is 5.91 Å². The summed E-state index contributed by atoms with van der Waals surface area (Å²) in [5, 5.41) is 13.4. The van der Waals surface area contributed by atoms with E-state index in [1.165, 1.54) is 12.1 Å². The number of hydrogen-bond donors (Lipinski definition) is 1. The molecule has 0 spiro atoms. The van der Waals surface area contributed by atoms with Crippen LogP contribution in [0, 0.1) is 17.2 Å². The van der Waals surface area contributed by atoms with Crippen molar-refractivity contribution in [1.82, 2.24) is 0 Å². The van der Waals surface area contributed by atoms with Gasteiger partial charge in [-0.1, -0.05) is 58.5 Å². The molecule has 2 unspecified atom stereocenters. The van der Waals surface area contributed by atoms with Crippen LogP contribution in [0.25, 0.3) is 0 Å². The molecule has 0 bridgehead atoms. The molecule has 2 atom stereocenters. The van der Waals surface area contributed by atoms with Gasteiger partial charge in [0.1, 0.15) is 10.4 Å². The van der Waals surface area contributed by atoms with E-state index in [-0.39, 0.29) is 33.4 Å². The normalized spacial score (nSPS) is 18.0. The molecular formula is C25H14Cl6N2O2. The Morgan fingerprint density at radius 1 is 0.943 bits per heavy atom. The molecular weight excluding hydrogens is 573 g/mol. The molecule has 35 heavy (non-hydrogen) atoms. The highest BCUT2D eigenvalue weighted by Gasteiger charge is 2.67. The lowest BCUT2D eigenvalue weighted by Crippen LogP contribution is -2.17. The van der Waals surface area contributed by atoms with E-state index < -0.39 is 22.1 Å². The lowest BCUT2D eigenvalue weighted by Gasteiger charge is -2.10. The van der Waals surface area contributed by atoms with E-state index in [2.05, 4.69) is 5.32 Å². The standard InChI is InChI=1S/C25H14Cl6N2O2/c26-14-6-13(7-15(27)9-14)22-23(25(22,30)31)24(35)33-16-4-5-20(29)17(10-16)21(34)8-12-2-1-3-19(28)18(12)11-32/h1-7,9-10,22-23H,8H2,(H,33,35). The van der Waals surface area contributed by atoms with Gasteiger partial charge in [-0.05, 0) is 53.6 Å². The van der Waals surface area contributed by atoms with E-state index in [0.29, 0.717) is 26.9 Å². The maximum atomic E-state index is 13.0. The predicted octanol–water partition coefficient (Wildman–Crippen LogP) is 8.12. The minimum Gasteiger partial charge on any atom is -0.326 e. The topological polar surface area (TPSA) is 70.0 Å². The number of halogens is 6. The third-order valence-corrected chi connectivity index (χ3v) is 7.70. The zero-order valence-corrected chi connectivity index (χ0v) is 22.1. The van der Waals surface area contributed by atoms with E-state index in [1.54, 1.807) is 42.5 Å². The van der Waals surface area contributed by atoms with Crippen molar-refractivity contribution in [3.8, 4) is 6.07 Å². The molecule has 1 fully saturated rings. The molecule has 1 saturated carbocycles. The fourth-order valence-electron chi connectivity index (χ4n) is 3.97. The van der Waals surface area contributed by atoms with Crippen LogP contribution in [0.4, 0.5) is 5.69 Å². The molecule has 0 aliphatic heterocycles. The largest absolute Gasteiger partial charge is 0.326 e. The lowest BCUT2D eigenvalue weighted by molar-refractivity contribution is -0.117. The number of ketones is 1. The molecule has 0 saturated heterocycles. The van der Waals surface area contributed by atoms with Gasteiger partial charge in [0.25, 0.3) is 0 Å². The molecule has 1 amide bonds. The van der Waals surface area contributed by atoms with Crippen LogP contribution in [0.1, 0.15) is 33.0 Å². The zero-order chi connectivity index (χ0) is 25.5.